The van der Waals surface area contributed by atoms with Crippen LogP contribution in [0.25, 0.3) is 0 Å². The number of piperazine rings is 3. The molecule has 10 atom stereocenters. The molecule has 10 aliphatic rings. The quantitative estimate of drug-likeness (QED) is 0.0185. The molecule has 5 aromatic carbocycles. The Morgan fingerprint density at radius 1 is 0.482 bits per heavy atom. The van der Waals surface area contributed by atoms with Gasteiger partial charge in [-0.1, -0.05) is 65.1 Å². The van der Waals surface area contributed by atoms with E-state index in [1.165, 1.54) is 117 Å². The van der Waals surface area contributed by atoms with Crippen molar-refractivity contribution < 1.29 is 90.6 Å². The van der Waals surface area contributed by atoms with Crippen molar-refractivity contribution in [2.75, 3.05) is 136 Å². The molecule has 7 amide bonds. The minimum Gasteiger partial charge on any atom is -0.480 e. The van der Waals surface area contributed by atoms with E-state index in [9.17, 15) is 66.2 Å². The summed E-state index contributed by atoms with van der Waals surface area (Å²) in [6.45, 7) is 12.8. The molecule has 7 saturated heterocycles. The topological polar surface area (TPSA) is 441 Å². The standard InChI is InChI=1S/C32H31ClFN7O6S.C31H31ClFN7O5S.C30H35ClFN7O5S/c1-17(30(43)44)36-28(42)18-3-6-20(7-4-18)41-15-21-14-39(10-11-40(21)32(41)46)16-24-25(31(45)47-2)26(22-8-5-19(34)13-23(22)33)38-27(37-24)29-35-9-12-48-29;1-45-30(43)25-24(36-27(28-35-8-11-46-28)37-26(25)21-7-4-18(33)13-22(21)32)16-38-9-10-39-20(14-38)15-40(31(39)44)19-5-2-17(3-6-19)12-23(34)29(41)42;1-16(2)38-13-18(11-23(38)28(40)41)39-14-19-12-36(7-8-37(19)30(39)43)15-22-24(29(42)44-3)25(20-5-4-17(32)10-21(20)31)35-26(34-22)27-33-6-9-45-27/h3-9,12-13,17,21,26H,10-11,14-16H2,1-2H3,(H,36,42)(H,37,38)(H,43,44);2-8,11,13,20,23,26H,9-10,12,14-16,34H2,1H3,(H,36,37)(H,41,42);4-6,9-10,16,18-19,23,25H,7-8,11-15H2,1-3H3,(H,34,35)(H,40,41)/t17?,21-,26-;20-,23?,26-;18?,19?,23?,25-/m000/s1. The Kier molecular flexibility index (Phi) is 30.6. The number of carboxylic acid groups (broad SMARTS) is 3. The van der Waals surface area contributed by atoms with Gasteiger partial charge in [0.15, 0.2) is 32.5 Å². The number of nitrogens with zero attached hydrogens (tertiary/aromatic N) is 16. The molecule has 13 heterocycles. The summed E-state index contributed by atoms with van der Waals surface area (Å²) in [6, 6.07) is 19.4. The van der Waals surface area contributed by atoms with Gasteiger partial charge < -0.3 is 76.1 Å². The molecule has 10 aliphatic heterocycles. The van der Waals surface area contributed by atoms with Crippen LogP contribution < -0.4 is 36.8 Å². The molecule has 0 aliphatic carbocycles. The predicted molar refractivity (Wildman–Crippen MR) is 512 cm³/mol. The van der Waals surface area contributed by atoms with E-state index < -0.39 is 95.4 Å². The first-order valence-corrected chi connectivity index (χ1v) is 48.1. The van der Waals surface area contributed by atoms with E-state index >= 15 is 0 Å². The maximum absolute atomic E-state index is 14.0. The van der Waals surface area contributed by atoms with Crippen LogP contribution in [0.1, 0.15) is 93.0 Å². The number of ether oxygens (including phenoxy) is 3. The van der Waals surface area contributed by atoms with E-state index in [0.29, 0.717) is 189 Å². The number of methoxy groups -OCH3 is 3. The maximum atomic E-state index is 14.0. The number of carbonyl (C=O) groups excluding carboxylic acids is 7. The van der Waals surface area contributed by atoms with Crippen molar-refractivity contribution in [2.45, 2.75) is 100 Å². The van der Waals surface area contributed by atoms with Crippen LogP contribution >= 0.6 is 68.8 Å². The second-order valence-corrected chi connectivity index (χ2v) is 38.5. The number of amides is 7. The van der Waals surface area contributed by atoms with Gasteiger partial charge in [0, 0.05) is 217 Å². The number of aliphatic imine (C=N–C) groups is 3. The van der Waals surface area contributed by atoms with Crippen LogP contribution in [0.5, 0.6) is 0 Å². The van der Waals surface area contributed by atoms with Gasteiger partial charge in [-0.05, 0) is 112 Å². The predicted octanol–water partition coefficient (Wildman–Crippen LogP) is 9.13. The van der Waals surface area contributed by atoms with E-state index in [1.54, 1.807) is 81.8 Å². The van der Waals surface area contributed by atoms with Crippen LogP contribution in [-0.2, 0) is 49.4 Å². The minimum absolute atomic E-state index is 0.0542. The third-order valence-electron chi connectivity index (χ3n) is 25.6. The average Bonchev–Trinajstić information content (AvgIpc) is 1.75. The highest BCUT2D eigenvalue weighted by Crippen LogP contribution is 2.43. The van der Waals surface area contributed by atoms with Gasteiger partial charge in [0.05, 0.1) is 56.2 Å². The number of nitrogens with two attached hydrogens (primary N) is 1. The van der Waals surface area contributed by atoms with Crippen LogP contribution in [0.3, 0.4) is 0 Å². The molecular weight excluding hydrogens is 1930 g/mol. The number of urea groups is 3. The van der Waals surface area contributed by atoms with E-state index in [0.717, 1.165) is 5.56 Å². The maximum Gasteiger partial charge on any atom is 0.338 e. The first-order chi connectivity index (χ1) is 66.7. The van der Waals surface area contributed by atoms with Gasteiger partial charge in [0.25, 0.3) is 5.91 Å². The van der Waals surface area contributed by atoms with E-state index in [2.05, 4.69) is 50.9 Å². The highest BCUT2D eigenvalue weighted by Gasteiger charge is 2.51. The van der Waals surface area contributed by atoms with Crippen LogP contribution in [0.15, 0.2) is 187 Å². The van der Waals surface area contributed by atoms with Crippen LogP contribution in [0.4, 0.5) is 38.9 Å². The number of hydrogen-bond donors (Lipinski definition) is 8. The minimum atomic E-state index is -1.14. The second-order valence-electron chi connectivity index (χ2n) is 34.6. The Morgan fingerprint density at radius 2 is 0.856 bits per heavy atom. The second kappa shape index (κ2) is 42.9. The number of rotatable bonds is 26. The largest absolute Gasteiger partial charge is 0.480 e. The third kappa shape index (κ3) is 21.7. The summed E-state index contributed by atoms with van der Waals surface area (Å²) in [6.07, 6.45) is 5.55. The van der Waals surface area contributed by atoms with Crippen LogP contribution in [-0.4, -0.2) is 321 Å². The van der Waals surface area contributed by atoms with E-state index in [-0.39, 0.29) is 92.1 Å². The van der Waals surface area contributed by atoms with E-state index in [1.807, 2.05) is 49.6 Å². The zero-order chi connectivity index (χ0) is 98.6. The molecule has 9 N–H and O–H groups in total. The fourth-order valence-corrected chi connectivity index (χ4v) is 21.3. The number of amidine groups is 3. The first kappa shape index (κ1) is 99.2. The molecule has 37 nitrogen and oxygen atoms in total. The lowest BCUT2D eigenvalue weighted by molar-refractivity contribution is -0.143. The molecule has 0 spiro atoms. The molecule has 46 heteroatoms. The smallest absolute Gasteiger partial charge is 0.338 e. The number of likely N-dealkylation sites (tertiary alicyclic amines) is 1. The number of fused-ring (bicyclic) bond motifs is 3. The number of aromatic nitrogens is 3. The van der Waals surface area contributed by atoms with Crippen molar-refractivity contribution >= 4 is 158 Å². The molecule has 5 unspecified atom stereocenters. The lowest BCUT2D eigenvalue weighted by Crippen LogP contribution is -2.53. The number of aliphatic carboxylic acids is 3. The lowest BCUT2D eigenvalue weighted by Gasteiger charge is -2.38. The Labute approximate surface area is 822 Å². The van der Waals surface area contributed by atoms with Crippen molar-refractivity contribution in [3.05, 3.63) is 247 Å². The average molecular weight is 2020 g/mol. The summed E-state index contributed by atoms with van der Waals surface area (Å²) in [5.41, 5.74) is 11.8. The molecule has 3 aromatic heterocycles. The van der Waals surface area contributed by atoms with Gasteiger partial charge in [-0.2, -0.15) is 0 Å². The fourth-order valence-electron chi connectivity index (χ4n) is 18.7. The number of carboxylic acids is 3. The molecule has 0 radical (unpaired) electrons. The SMILES string of the molecule is COC(=O)C1=C(CN2CCN3C(=O)N(C4CC(C(=O)O)N(C(C)C)C4)CC3C2)NC(c2nccs2)=N[C@H]1c1ccc(F)cc1Cl.COC(=O)C1=C(CN2CCN3C(=O)N(c4ccc(C(=O)NC(C)C(=O)O)cc4)C[C@@H]3C2)NC(c2nccs2)=N[C@H]1c1ccc(F)cc1Cl.COC(=O)C1=C(CN2CCN3C(=O)N(c4ccc(CC(N)C(=O)O)cc4)C[C@@H]3C2)NC(c2nccs2)=N[C@H]1c1ccc(F)cc1Cl. The molecule has 7 fully saturated rings. The van der Waals surface area contributed by atoms with Gasteiger partial charge in [-0.25, -0.2) is 56.9 Å². The number of esters is 3. The Hall–Kier alpha value is -12.8. The normalized spacial score (nSPS) is 22.2. The number of carbonyl (C=O) groups is 10. The summed E-state index contributed by atoms with van der Waals surface area (Å²) >= 11 is 23.6. The molecule has 0 saturated carbocycles. The van der Waals surface area contributed by atoms with Gasteiger partial charge in [0.1, 0.15) is 53.7 Å². The number of benzene rings is 5. The Bertz CT molecular complexity index is 6260. The Morgan fingerprint density at radius 3 is 1.19 bits per heavy atom. The van der Waals surface area contributed by atoms with Gasteiger partial charge >= 0.3 is 53.9 Å². The van der Waals surface area contributed by atoms with Gasteiger partial charge in [-0.15, -0.1) is 34.0 Å². The highest BCUT2D eigenvalue weighted by atomic mass is 35.5. The molecule has 8 aromatic rings. The van der Waals surface area contributed by atoms with E-state index in [4.69, 9.17) is 79.9 Å². The molecule has 18 rings (SSSR count). The number of nitrogens with one attached hydrogen (secondary N) is 4. The lowest BCUT2D eigenvalue weighted by atomic mass is 9.95. The van der Waals surface area contributed by atoms with Crippen molar-refractivity contribution in [3.8, 4) is 0 Å². The highest BCUT2D eigenvalue weighted by molar-refractivity contribution is 7.12. The molecule has 730 valence electrons. The number of anilines is 2. The first-order valence-electron chi connectivity index (χ1n) is 44.3. The van der Waals surface area contributed by atoms with Crippen molar-refractivity contribution in [1.82, 2.24) is 75.4 Å². The molecule has 139 heavy (non-hydrogen) atoms. The number of halogens is 6. The van der Waals surface area contributed by atoms with Crippen LogP contribution in [0, 0.1) is 17.5 Å². The van der Waals surface area contributed by atoms with Gasteiger partial charge in [-0.3, -0.25) is 63.6 Å². The fraction of sp³-hybridized carbons (Fsp3) is 0.376. The third-order valence-corrected chi connectivity index (χ3v) is 29.0. The summed E-state index contributed by atoms with van der Waals surface area (Å²) in [4.78, 5) is 173. The zero-order valence-corrected chi connectivity index (χ0v) is 80.4. The summed E-state index contributed by atoms with van der Waals surface area (Å²) in [5, 5.41) is 48.0. The molecular formula is C93H97Cl3F3N21O16S3. The summed E-state index contributed by atoms with van der Waals surface area (Å²) in [5.74, 6) is -5.57. The Balaban J connectivity index is 0.000000151. The van der Waals surface area contributed by atoms with Crippen molar-refractivity contribution in [1.29, 1.82) is 0 Å². The zero-order valence-electron chi connectivity index (χ0n) is 75.7. The van der Waals surface area contributed by atoms with Crippen molar-refractivity contribution in [3.63, 3.8) is 0 Å². The number of hydrogen-bond acceptors (Lipinski definition) is 30. The number of thiazole rings is 3. The summed E-state index contributed by atoms with van der Waals surface area (Å²) < 4.78 is 57.5. The van der Waals surface area contributed by atoms with Crippen LogP contribution in [0.2, 0.25) is 15.1 Å². The molecule has 0 bridgehead atoms. The monoisotopic (exact) mass is 2020 g/mol. The summed E-state index contributed by atoms with van der Waals surface area (Å²) in [7, 11) is 3.87. The van der Waals surface area contributed by atoms with Crippen molar-refractivity contribution in [2.24, 2.45) is 20.7 Å². The van der Waals surface area contributed by atoms with Gasteiger partial charge in [0.2, 0.25) is 0 Å².